The summed E-state index contributed by atoms with van der Waals surface area (Å²) in [4.78, 5) is 0. The number of sulfonamides is 1. The van der Waals surface area contributed by atoms with Crippen molar-refractivity contribution in [3.05, 3.63) is 35.4 Å². The zero-order valence-electron chi connectivity index (χ0n) is 10.3. The molecule has 0 saturated heterocycles. The van der Waals surface area contributed by atoms with E-state index in [2.05, 4.69) is 4.72 Å². The third-order valence-electron chi connectivity index (χ3n) is 2.76. The number of hydrogen-bond donors (Lipinski definition) is 2. The van der Waals surface area contributed by atoms with Crippen LogP contribution in [0.2, 0.25) is 0 Å². The van der Waals surface area contributed by atoms with E-state index in [-0.39, 0.29) is 6.54 Å². The monoisotopic (exact) mass is 256 g/mol. The lowest BCUT2D eigenvalue weighted by Crippen LogP contribution is -2.38. The van der Waals surface area contributed by atoms with Crippen molar-refractivity contribution in [2.75, 3.05) is 6.54 Å². The molecule has 1 aromatic carbocycles. The van der Waals surface area contributed by atoms with Gasteiger partial charge in [-0.25, -0.2) is 13.1 Å². The van der Waals surface area contributed by atoms with E-state index in [0.717, 1.165) is 11.1 Å². The maximum absolute atomic E-state index is 11.8. The van der Waals surface area contributed by atoms with Crippen molar-refractivity contribution in [2.24, 2.45) is 5.73 Å². The largest absolute Gasteiger partial charge is 0.329 e. The van der Waals surface area contributed by atoms with Crippen molar-refractivity contribution in [2.45, 2.75) is 32.1 Å². The SMILES string of the molecule is CCC(CN)S(=O)(=O)NCc1ccc(C)cc1. The molecule has 1 unspecified atom stereocenters. The molecule has 0 aliphatic carbocycles. The molecule has 0 amide bonds. The van der Waals surface area contributed by atoms with Gasteiger partial charge in [0.25, 0.3) is 0 Å². The van der Waals surface area contributed by atoms with Gasteiger partial charge in [0.15, 0.2) is 0 Å². The van der Waals surface area contributed by atoms with Crippen LogP contribution in [0.5, 0.6) is 0 Å². The highest BCUT2D eigenvalue weighted by molar-refractivity contribution is 7.90. The van der Waals surface area contributed by atoms with Gasteiger partial charge in [0, 0.05) is 13.1 Å². The zero-order chi connectivity index (χ0) is 12.9. The summed E-state index contributed by atoms with van der Waals surface area (Å²) in [5.41, 5.74) is 7.55. The van der Waals surface area contributed by atoms with Gasteiger partial charge >= 0.3 is 0 Å². The molecular formula is C12H20N2O2S. The second kappa shape index (κ2) is 6.14. The summed E-state index contributed by atoms with van der Waals surface area (Å²) < 4.78 is 26.3. The lowest BCUT2D eigenvalue weighted by Gasteiger charge is -2.14. The summed E-state index contributed by atoms with van der Waals surface area (Å²) in [6, 6.07) is 7.76. The van der Waals surface area contributed by atoms with Crippen LogP contribution in [0.25, 0.3) is 0 Å². The molecular weight excluding hydrogens is 236 g/mol. The normalized spacial score (nSPS) is 13.6. The lowest BCUT2D eigenvalue weighted by atomic mass is 10.2. The average Bonchev–Trinajstić information content (AvgIpc) is 2.29. The molecule has 0 aliphatic heterocycles. The molecule has 4 nitrogen and oxygen atoms in total. The van der Waals surface area contributed by atoms with Crippen LogP contribution in [0.15, 0.2) is 24.3 Å². The Bertz CT molecular complexity index is 436. The van der Waals surface area contributed by atoms with Crippen molar-refractivity contribution in [3.8, 4) is 0 Å². The van der Waals surface area contributed by atoms with Crippen LogP contribution in [0.1, 0.15) is 24.5 Å². The molecule has 0 radical (unpaired) electrons. The van der Waals surface area contributed by atoms with Crippen LogP contribution in [-0.2, 0) is 16.6 Å². The van der Waals surface area contributed by atoms with E-state index in [0.29, 0.717) is 13.0 Å². The zero-order valence-corrected chi connectivity index (χ0v) is 11.1. The fraction of sp³-hybridized carbons (Fsp3) is 0.500. The number of aryl methyl sites for hydroxylation is 1. The Balaban J connectivity index is 2.64. The first kappa shape index (κ1) is 14.2. The number of rotatable bonds is 6. The molecule has 0 heterocycles. The Morgan fingerprint density at radius 3 is 2.35 bits per heavy atom. The second-order valence-corrected chi connectivity index (χ2v) is 6.16. The van der Waals surface area contributed by atoms with Crippen molar-refractivity contribution in [1.82, 2.24) is 4.72 Å². The van der Waals surface area contributed by atoms with E-state index in [1.807, 2.05) is 38.1 Å². The minimum Gasteiger partial charge on any atom is -0.329 e. The van der Waals surface area contributed by atoms with Gasteiger partial charge in [0.05, 0.1) is 5.25 Å². The van der Waals surface area contributed by atoms with Crippen molar-refractivity contribution < 1.29 is 8.42 Å². The number of nitrogens with two attached hydrogens (primary N) is 1. The first-order valence-electron chi connectivity index (χ1n) is 5.73. The third kappa shape index (κ3) is 4.11. The number of hydrogen-bond acceptors (Lipinski definition) is 3. The van der Waals surface area contributed by atoms with E-state index in [9.17, 15) is 8.42 Å². The number of benzene rings is 1. The van der Waals surface area contributed by atoms with Crippen molar-refractivity contribution in [3.63, 3.8) is 0 Å². The molecule has 1 rings (SSSR count). The van der Waals surface area contributed by atoms with Gasteiger partial charge in [-0.15, -0.1) is 0 Å². The predicted octanol–water partition coefficient (Wildman–Crippen LogP) is 1.15. The van der Waals surface area contributed by atoms with Crippen LogP contribution >= 0.6 is 0 Å². The highest BCUT2D eigenvalue weighted by Gasteiger charge is 2.21. The molecule has 1 atom stereocenters. The standard InChI is InChI=1S/C12H20N2O2S/c1-3-12(8-13)17(15,16)14-9-11-6-4-10(2)5-7-11/h4-7,12,14H,3,8-9,13H2,1-2H3. The molecule has 0 spiro atoms. The van der Waals surface area contributed by atoms with Gasteiger partial charge in [-0.1, -0.05) is 36.8 Å². The van der Waals surface area contributed by atoms with Crippen molar-refractivity contribution in [1.29, 1.82) is 0 Å². The van der Waals surface area contributed by atoms with Gasteiger partial charge in [-0.05, 0) is 18.9 Å². The summed E-state index contributed by atoms with van der Waals surface area (Å²) in [5, 5.41) is -0.507. The molecule has 1 aromatic rings. The van der Waals surface area contributed by atoms with E-state index in [1.54, 1.807) is 0 Å². The topological polar surface area (TPSA) is 72.2 Å². The fourth-order valence-electron chi connectivity index (χ4n) is 1.52. The van der Waals surface area contributed by atoms with Gasteiger partial charge in [0.2, 0.25) is 10.0 Å². The summed E-state index contributed by atoms with van der Waals surface area (Å²) in [7, 11) is -3.31. The van der Waals surface area contributed by atoms with Crippen LogP contribution in [-0.4, -0.2) is 20.2 Å². The summed E-state index contributed by atoms with van der Waals surface area (Å²) in [6.07, 6.45) is 0.528. The maximum Gasteiger partial charge on any atom is 0.216 e. The van der Waals surface area contributed by atoms with Crippen molar-refractivity contribution >= 4 is 10.0 Å². The lowest BCUT2D eigenvalue weighted by molar-refractivity contribution is 0.561. The average molecular weight is 256 g/mol. The van der Waals surface area contributed by atoms with Gasteiger partial charge < -0.3 is 5.73 Å². The maximum atomic E-state index is 11.8. The Kier molecular flexibility index (Phi) is 5.11. The van der Waals surface area contributed by atoms with Crippen LogP contribution in [0.4, 0.5) is 0 Å². The Hall–Kier alpha value is -0.910. The van der Waals surface area contributed by atoms with E-state index >= 15 is 0 Å². The Morgan fingerprint density at radius 2 is 1.88 bits per heavy atom. The van der Waals surface area contributed by atoms with Crippen LogP contribution < -0.4 is 10.5 Å². The molecule has 0 bridgehead atoms. The summed E-state index contributed by atoms with van der Waals surface area (Å²) in [5.74, 6) is 0. The molecule has 0 aliphatic rings. The van der Waals surface area contributed by atoms with E-state index < -0.39 is 15.3 Å². The first-order chi connectivity index (χ1) is 7.99. The van der Waals surface area contributed by atoms with Gasteiger partial charge in [-0.3, -0.25) is 0 Å². The fourth-order valence-corrected chi connectivity index (χ4v) is 2.82. The van der Waals surface area contributed by atoms with Crippen LogP contribution in [0.3, 0.4) is 0 Å². The molecule has 96 valence electrons. The first-order valence-corrected chi connectivity index (χ1v) is 7.28. The second-order valence-electron chi connectivity index (χ2n) is 4.12. The Morgan fingerprint density at radius 1 is 1.29 bits per heavy atom. The predicted molar refractivity (Wildman–Crippen MR) is 70.1 cm³/mol. The quantitative estimate of drug-likeness (QED) is 0.802. The molecule has 5 heteroatoms. The van der Waals surface area contributed by atoms with Gasteiger partial charge in [-0.2, -0.15) is 0 Å². The van der Waals surface area contributed by atoms with Gasteiger partial charge in [0.1, 0.15) is 0 Å². The molecule has 0 saturated carbocycles. The van der Waals surface area contributed by atoms with Crippen LogP contribution in [0, 0.1) is 6.92 Å². The number of nitrogens with one attached hydrogen (secondary N) is 1. The third-order valence-corrected chi connectivity index (χ3v) is 4.71. The smallest absolute Gasteiger partial charge is 0.216 e. The highest BCUT2D eigenvalue weighted by Crippen LogP contribution is 2.06. The van der Waals surface area contributed by atoms with E-state index in [4.69, 9.17) is 5.73 Å². The molecule has 0 aromatic heterocycles. The minimum atomic E-state index is -3.31. The molecule has 0 fully saturated rings. The molecule has 17 heavy (non-hydrogen) atoms. The van der Waals surface area contributed by atoms with E-state index in [1.165, 1.54) is 0 Å². The molecule has 3 N–H and O–H groups in total. The summed E-state index contributed by atoms with van der Waals surface area (Å²) in [6.45, 7) is 4.29. The minimum absolute atomic E-state index is 0.153. The Labute approximate surface area is 103 Å². The summed E-state index contributed by atoms with van der Waals surface area (Å²) >= 11 is 0. The highest BCUT2D eigenvalue weighted by atomic mass is 32.2.